The highest BCUT2D eigenvalue weighted by Gasteiger charge is 2.50. The first-order valence-corrected chi connectivity index (χ1v) is 9.45. The number of rotatable bonds is 4. The van der Waals surface area contributed by atoms with Crippen LogP contribution in [0.15, 0.2) is 24.5 Å². The molecule has 4 rings (SSSR count). The van der Waals surface area contributed by atoms with Crippen LogP contribution < -0.4 is 4.74 Å². The van der Waals surface area contributed by atoms with E-state index in [2.05, 4.69) is 9.88 Å². The Balaban J connectivity index is 0.000000298. The van der Waals surface area contributed by atoms with Crippen LogP contribution in [0, 0.1) is 11.3 Å². The second-order valence-corrected chi connectivity index (χ2v) is 7.57. The molecule has 1 aromatic rings. The quantitative estimate of drug-likeness (QED) is 0.812. The number of ether oxygens (including phenoxy) is 2. The minimum absolute atomic E-state index is 0.0569. The lowest BCUT2D eigenvalue weighted by molar-refractivity contribution is -0.192. The van der Waals surface area contributed by atoms with Gasteiger partial charge in [0.15, 0.2) is 0 Å². The van der Waals surface area contributed by atoms with Gasteiger partial charge in [0.2, 0.25) is 5.91 Å². The van der Waals surface area contributed by atoms with Crippen LogP contribution in [-0.4, -0.2) is 65.5 Å². The number of fused-ring (bicyclic) bond motifs is 1. The maximum absolute atomic E-state index is 12.4. The first kappa shape index (κ1) is 21.4. The van der Waals surface area contributed by atoms with Crippen molar-refractivity contribution in [2.45, 2.75) is 38.0 Å². The van der Waals surface area contributed by atoms with Crippen molar-refractivity contribution in [2.75, 3.05) is 26.3 Å². The molecule has 1 aromatic heterocycles. The summed E-state index contributed by atoms with van der Waals surface area (Å²) in [5.41, 5.74) is -0.0569. The number of alkyl halides is 3. The molecule has 3 heterocycles. The summed E-state index contributed by atoms with van der Waals surface area (Å²) < 4.78 is 43.6. The van der Waals surface area contributed by atoms with Gasteiger partial charge in [-0.05, 0) is 37.8 Å². The topological polar surface area (TPSA) is 89.0 Å². The molecule has 0 unspecified atom stereocenters. The van der Waals surface area contributed by atoms with Gasteiger partial charge in [0.05, 0.1) is 24.3 Å². The minimum atomic E-state index is -5.08. The van der Waals surface area contributed by atoms with E-state index < -0.39 is 12.1 Å². The molecule has 1 saturated carbocycles. The third-order valence-electron chi connectivity index (χ3n) is 5.41. The number of carbonyl (C=O) groups excluding carboxylic acids is 1. The van der Waals surface area contributed by atoms with Crippen LogP contribution in [0.5, 0.6) is 5.75 Å². The Bertz CT molecular complexity index is 726. The van der Waals surface area contributed by atoms with Gasteiger partial charge in [-0.2, -0.15) is 13.2 Å². The summed E-state index contributed by atoms with van der Waals surface area (Å²) in [4.78, 5) is 27.4. The second-order valence-electron chi connectivity index (χ2n) is 7.57. The lowest BCUT2D eigenvalue weighted by Crippen LogP contribution is -2.54. The highest BCUT2D eigenvalue weighted by molar-refractivity contribution is 5.81. The number of aromatic nitrogens is 1. The molecule has 7 nitrogen and oxygen atoms in total. The van der Waals surface area contributed by atoms with Crippen LogP contribution in [0.3, 0.4) is 0 Å². The van der Waals surface area contributed by atoms with E-state index in [-0.39, 0.29) is 17.4 Å². The number of hydrogen-bond donors (Lipinski definition) is 1. The van der Waals surface area contributed by atoms with Crippen LogP contribution in [0.4, 0.5) is 13.2 Å². The number of likely N-dealkylation sites (tertiary alicyclic amines) is 1. The molecule has 0 aromatic carbocycles. The number of pyridine rings is 1. The smallest absolute Gasteiger partial charge is 0.490 e. The van der Waals surface area contributed by atoms with Crippen LogP contribution in [0.2, 0.25) is 0 Å². The van der Waals surface area contributed by atoms with Crippen molar-refractivity contribution in [2.24, 2.45) is 11.3 Å². The Morgan fingerprint density at radius 2 is 2.07 bits per heavy atom. The maximum atomic E-state index is 12.4. The van der Waals surface area contributed by atoms with Crippen LogP contribution in [-0.2, 0) is 14.3 Å². The molecule has 2 saturated heterocycles. The number of piperidine rings is 1. The molecule has 1 amide bonds. The predicted molar refractivity (Wildman–Crippen MR) is 94.1 cm³/mol. The van der Waals surface area contributed by atoms with Crippen LogP contribution in [0.1, 0.15) is 25.7 Å². The van der Waals surface area contributed by atoms with Gasteiger partial charge in [0.1, 0.15) is 5.75 Å². The van der Waals surface area contributed by atoms with Crippen molar-refractivity contribution in [1.82, 2.24) is 9.88 Å². The fourth-order valence-corrected chi connectivity index (χ4v) is 3.69. The lowest BCUT2D eigenvalue weighted by Gasteiger charge is -2.43. The first-order chi connectivity index (χ1) is 13.7. The van der Waals surface area contributed by atoms with E-state index in [4.69, 9.17) is 19.4 Å². The molecule has 160 valence electrons. The average Bonchev–Trinajstić information content (AvgIpc) is 3.45. The molecule has 3 fully saturated rings. The molecule has 2 atom stereocenters. The Hall–Kier alpha value is -2.36. The fraction of sp³-hybridized carbons (Fsp3) is 0.632. The Kier molecular flexibility index (Phi) is 6.30. The highest BCUT2D eigenvalue weighted by Crippen LogP contribution is 2.43. The van der Waals surface area contributed by atoms with E-state index in [1.165, 1.54) is 0 Å². The zero-order valence-electron chi connectivity index (χ0n) is 15.7. The summed E-state index contributed by atoms with van der Waals surface area (Å²) in [7, 11) is 0. The normalized spacial score (nSPS) is 26.2. The van der Waals surface area contributed by atoms with Gasteiger partial charge >= 0.3 is 12.1 Å². The monoisotopic (exact) mass is 416 g/mol. The molecule has 0 radical (unpaired) electrons. The number of hydrogen-bond acceptors (Lipinski definition) is 5. The van der Waals surface area contributed by atoms with E-state index >= 15 is 0 Å². The number of aliphatic carboxylic acids is 1. The standard InChI is InChI=1S/C17H22N2O3.C2HF3O2/c20-16(13-3-4-13)19-8-5-15-17(11-19,6-9-21-15)12-22-14-2-1-7-18-10-14;3-2(4,5)1(6)7/h1-2,7,10,13,15H,3-6,8-9,11-12H2;(H,6,7)/t15-,17+;/m1./s1. The minimum Gasteiger partial charge on any atom is -0.491 e. The zero-order chi connectivity index (χ0) is 21.1. The van der Waals surface area contributed by atoms with Gasteiger partial charge < -0.3 is 19.5 Å². The van der Waals surface area contributed by atoms with Gasteiger partial charge in [-0.3, -0.25) is 9.78 Å². The summed E-state index contributed by atoms with van der Waals surface area (Å²) >= 11 is 0. The van der Waals surface area contributed by atoms with Crippen molar-refractivity contribution in [3.8, 4) is 5.75 Å². The highest BCUT2D eigenvalue weighted by atomic mass is 19.4. The first-order valence-electron chi connectivity index (χ1n) is 9.45. The molecule has 0 spiro atoms. The van der Waals surface area contributed by atoms with E-state index in [9.17, 15) is 18.0 Å². The fourth-order valence-electron chi connectivity index (χ4n) is 3.69. The Morgan fingerprint density at radius 3 is 2.66 bits per heavy atom. The van der Waals surface area contributed by atoms with Crippen LogP contribution >= 0.6 is 0 Å². The summed E-state index contributed by atoms with van der Waals surface area (Å²) in [5, 5.41) is 7.12. The molecule has 2 aliphatic heterocycles. The molecule has 10 heteroatoms. The summed E-state index contributed by atoms with van der Waals surface area (Å²) in [6.45, 7) is 2.96. The van der Waals surface area contributed by atoms with Crippen molar-refractivity contribution in [3.05, 3.63) is 24.5 Å². The van der Waals surface area contributed by atoms with Crippen molar-refractivity contribution in [3.63, 3.8) is 0 Å². The van der Waals surface area contributed by atoms with Gasteiger partial charge in [-0.1, -0.05) is 0 Å². The van der Waals surface area contributed by atoms with Crippen molar-refractivity contribution >= 4 is 11.9 Å². The third kappa shape index (κ3) is 5.37. The number of amides is 1. The number of halogens is 3. The number of nitrogens with zero attached hydrogens (tertiary/aromatic N) is 2. The molecule has 1 aliphatic carbocycles. The number of carboxylic acids is 1. The Morgan fingerprint density at radius 1 is 1.34 bits per heavy atom. The zero-order valence-corrected chi connectivity index (χ0v) is 15.7. The molecule has 29 heavy (non-hydrogen) atoms. The van der Waals surface area contributed by atoms with E-state index in [0.717, 1.165) is 51.1 Å². The van der Waals surface area contributed by atoms with E-state index in [1.54, 1.807) is 12.4 Å². The largest absolute Gasteiger partial charge is 0.491 e. The SMILES string of the molecule is O=C(C1CC1)N1CC[C@H]2OCC[C@@]2(COc2cccnc2)C1.O=C(O)C(F)(F)F. The molecule has 3 aliphatic rings. The summed E-state index contributed by atoms with van der Waals surface area (Å²) in [5.74, 6) is -1.35. The molecular weight excluding hydrogens is 393 g/mol. The summed E-state index contributed by atoms with van der Waals surface area (Å²) in [6.07, 6.45) is 2.62. The van der Waals surface area contributed by atoms with Gasteiger partial charge in [0.25, 0.3) is 0 Å². The predicted octanol–water partition coefficient (Wildman–Crippen LogP) is 2.51. The Labute approximate surface area is 165 Å². The molecule has 0 bridgehead atoms. The molecule has 1 N–H and O–H groups in total. The second kappa shape index (κ2) is 8.56. The van der Waals surface area contributed by atoms with Gasteiger partial charge in [0, 0.05) is 31.8 Å². The summed E-state index contributed by atoms with van der Waals surface area (Å²) in [6, 6.07) is 3.80. The third-order valence-corrected chi connectivity index (χ3v) is 5.41. The maximum Gasteiger partial charge on any atom is 0.490 e. The van der Waals surface area contributed by atoms with Crippen LogP contribution in [0.25, 0.3) is 0 Å². The van der Waals surface area contributed by atoms with Crippen molar-refractivity contribution < 1.29 is 37.3 Å². The van der Waals surface area contributed by atoms with E-state index in [0.29, 0.717) is 12.5 Å². The van der Waals surface area contributed by atoms with Crippen molar-refractivity contribution in [1.29, 1.82) is 0 Å². The molecular formula is C19H23F3N2O5. The average molecular weight is 416 g/mol. The van der Waals surface area contributed by atoms with Gasteiger partial charge in [-0.25, -0.2) is 4.79 Å². The number of carboxylic acid groups (broad SMARTS) is 1. The lowest BCUT2D eigenvalue weighted by atomic mass is 9.77. The van der Waals surface area contributed by atoms with E-state index in [1.807, 2.05) is 12.1 Å². The number of carbonyl (C=O) groups is 2. The van der Waals surface area contributed by atoms with Gasteiger partial charge in [-0.15, -0.1) is 0 Å².